The first-order valence-corrected chi connectivity index (χ1v) is 24.3. The van der Waals surface area contributed by atoms with Gasteiger partial charge in [0.1, 0.15) is 0 Å². The first kappa shape index (κ1) is 63.8. The van der Waals surface area contributed by atoms with E-state index in [1.807, 2.05) is 0 Å². The molecule has 390 valence electrons. The lowest BCUT2D eigenvalue weighted by Crippen LogP contribution is -2.15. The summed E-state index contributed by atoms with van der Waals surface area (Å²) in [6.07, 6.45) is 12.2. The molecule has 0 heterocycles. The van der Waals surface area contributed by atoms with Crippen LogP contribution in [0.1, 0.15) is 83.5 Å². The lowest BCUT2D eigenvalue weighted by atomic mass is 10.0. The second kappa shape index (κ2) is 58.9. The molecule has 0 spiro atoms. The first-order chi connectivity index (χ1) is 32.2. The highest BCUT2D eigenvalue weighted by Gasteiger charge is 2.05. The van der Waals surface area contributed by atoms with Crippen LogP contribution in [0.5, 0.6) is 0 Å². The summed E-state index contributed by atoms with van der Waals surface area (Å²) in [5.41, 5.74) is 0. The third-order valence-corrected chi connectivity index (χ3v) is 9.20. The Labute approximate surface area is 390 Å². The van der Waals surface area contributed by atoms with Crippen LogP contribution in [0.25, 0.3) is 0 Å². The number of aliphatic hydroxyl groups is 2. The van der Waals surface area contributed by atoms with Gasteiger partial charge in [-0.2, -0.15) is 0 Å². The summed E-state index contributed by atoms with van der Waals surface area (Å²) >= 11 is 0. The molecular formula is C46H92O19. The molecule has 0 saturated carbocycles. The topological polar surface area (TPSA) is 216 Å². The molecule has 0 rings (SSSR count). The van der Waals surface area contributed by atoms with Gasteiger partial charge in [0.2, 0.25) is 0 Å². The van der Waals surface area contributed by atoms with E-state index in [0.717, 1.165) is 77.0 Å². The van der Waals surface area contributed by atoms with Gasteiger partial charge in [-0.15, -0.1) is 0 Å². The molecule has 0 aliphatic carbocycles. The van der Waals surface area contributed by atoms with Gasteiger partial charge in [-0.1, -0.05) is 51.4 Å². The van der Waals surface area contributed by atoms with Crippen LogP contribution >= 0.6 is 0 Å². The number of aliphatic carboxylic acids is 1. The fraction of sp³-hybridized carbons (Fsp3) is 0.978. The van der Waals surface area contributed by atoms with Gasteiger partial charge in [-0.25, -0.2) is 0 Å². The summed E-state index contributed by atoms with van der Waals surface area (Å²) in [6.45, 7) is 15.0. The number of unbranched alkanes of at least 4 members (excludes halogenated alkanes) is 8. The van der Waals surface area contributed by atoms with Crippen molar-refractivity contribution in [2.45, 2.75) is 89.6 Å². The molecule has 0 fully saturated rings. The highest BCUT2D eigenvalue weighted by molar-refractivity contribution is 5.66. The highest BCUT2D eigenvalue weighted by Crippen LogP contribution is 2.14. The fourth-order valence-electron chi connectivity index (χ4n) is 5.69. The lowest BCUT2D eigenvalue weighted by molar-refractivity contribution is -0.137. The fourth-order valence-corrected chi connectivity index (χ4v) is 5.69. The molecule has 65 heavy (non-hydrogen) atoms. The van der Waals surface area contributed by atoms with Gasteiger partial charge < -0.3 is 86.4 Å². The van der Waals surface area contributed by atoms with Gasteiger partial charge in [0.05, 0.1) is 204 Å². The maximum Gasteiger partial charge on any atom is 0.303 e. The van der Waals surface area contributed by atoms with Crippen molar-refractivity contribution < 1.29 is 91.2 Å². The van der Waals surface area contributed by atoms with E-state index in [0.29, 0.717) is 198 Å². The van der Waals surface area contributed by atoms with Crippen molar-refractivity contribution in [2.75, 3.05) is 205 Å². The summed E-state index contributed by atoms with van der Waals surface area (Å²) in [4.78, 5) is 10.5. The van der Waals surface area contributed by atoms with Gasteiger partial charge in [0.25, 0.3) is 0 Å². The largest absolute Gasteiger partial charge is 0.481 e. The van der Waals surface area contributed by atoms with Crippen molar-refractivity contribution in [2.24, 2.45) is 0 Å². The maximum absolute atomic E-state index is 10.5. The Kier molecular flexibility index (Phi) is 57.8. The monoisotopic (exact) mass is 949 g/mol. The van der Waals surface area contributed by atoms with Crippen LogP contribution in [0, 0.1) is 0 Å². The summed E-state index contributed by atoms with van der Waals surface area (Å²) in [6, 6.07) is 0. The molecule has 0 aliphatic heterocycles. The van der Waals surface area contributed by atoms with Crippen LogP contribution in [0.2, 0.25) is 0 Å². The Balaban J connectivity index is 3.11. The minimum Gasteiger partial charge on any atom is -0.481 e. The molecule has 1 atom stereocenters. The van der Waals surface area contributed by atoms with E-state index >= 15 is 0 Å². The van der Waals surface area contributed by atoms with E-state index in [1.165, 1.54) is 0 Å². The van der Waals surface area contributed by atoms with Gasteiger partial charge >= 0.3 is 5.97 Å². The molecule has 0 radical (unpaired) electrons. The number of ether oxygens (including phenoxy) is 15. The predicted octanol–water partition coefficient (Wildman–Crippen LogP) is 3.74. The molecule has 1 unspecified atom stereocenters. The molecule has 0 amide bonds. The number of carbonyl (C=O) groups is 1. The van der Waals surface area contributed by atoms with E-state index in [4.69, 9.17) is 81.3 Å². The smallest absolute Gasteiger partial charge is 0.303 e. The van der Waals surface area contributed by atoms with Gasteiger partial charge in [0, 0.05) is 13.0 Å². The lowest BCUT2D eigenvalue weighted by Gasteiger charge is -2.10. The van der Waals surface area contributed by atoms with Crippen molar-refractivity contribution in [1.82, 2.24) is 0 Å². The normalized spacial score (nSPS) is 12.2. The molecule has 0 aromatic rings. The zero-order valence-corrected chi connectivity index (χ0v) is 40.1. The number of hydrogen-bond donors (Lipinski definition) is 3. The average molecular weight is 949 g/mol. The number of aliphatic hydroxyl groups excluding tert-OH is 2. The summed E-state index contributed by atoms with van der Waals surface area (Å²) < 4.78 is 82.0. The number of carboxylic acid groups (broad SMARTS) is 1. The predicted molar refractivity (Wildman–Crippen MR) is 243 cm³/mol. The van der Waals surface area contributed by atoms with Gasteiger partial charge in [0.15, 0.2) is 0 Å². The van der Waals surface area contributed by atoms with Crippen LogP contribution in [0.3, 0.4) is 0 Å². The highest BCUT2D eigenvalue weighted by atomic mass is 16.6. The van der Waals surface area contributed by atoms with Crippen molar-refractivity contribution in [3.63, 3.8) is 0 Å². The summed E-state index contributed by atoms with van der Waals surface area (Å²) in [5, 5.41) is 27.4. The van der Waals surface area contributed by atoms with E-state index in [1.54, 1.807) is 0 Å². The number of hydrogen-bond acceptors (Lipinski definition) is 18. The molecule has 3 N–H and O–H groups in total. The zero-order chi connectivity index (χ0) is 46.9. The maximum atomic E-state index is 10.5. The summed E-state index contributed by atoms with van der Waals surface area (Å²) in [5.74, 6) is -0.707. The summed E-state index contributed by atoms with van der Waals surface area (Å²) in [7, 11) is 0. The number of rotatable bonds is 60. The zero-order valence-electron chi connectivity index (χ0n) is 40.1. The van der Waals surface area contributed by atoms with Crippen LogP contribution in [0.15, 0.2) is 0 Å². The Morgan fingerprint density at radius 2 is 0.477 bits per heavy atom. The minimum atomic E-state index is -0.707. The quantitative estimate of drug-likeness (QED) is 0.0741. The minimum absolute atomic E-state index is 0.0195. The average Bonchev–Trinajstić information content (AvgIpc) is 3.30. The van der Waals surface area contributed by atoms with Gasteiger partial charge in [-0.3, -0.25) is 4.79 Å². The van der Waals surface area contributed by atoms with E-state index < -0.39 is 5.97 Å². The first-order valence-electron chi connectivity index (χ1n) is 24.3. The van der Waals surface area contributed by atoms with E-state index in [9.17, 15) is 9.90 Å². The Hall–Kier alpha value is -1.21. The van der Waals surface area contributed by atoms with E-state index in [-0.39, 0.29) is 19.1 Å². The Morgan fingerprint density at radius 3 is 0.723 bits per heavy atom. The molecule has 0 aromatic heterocycles. The molecule has 19 heteroatoms. The number of carboxylic acids is 1. The third-order valence-electron chi connectivity index (χ3n) is 9.20. The van der Waals surface area contributed by atoms with Crippen LogP contribution in [0.4, 0.5) is 0 Å². The van der Waals surface area contributed by atoms with E-state index in [2.05, 4.69) is 0 Å². The molecule has 0 bridgehead atoms. The third kappa shape index (κ3) is 60.8. The molecular weight excluding hydrogens is 856 g/mol. The molecule has 19 nitrogen and oxygen atoms in total. The van der Waals surface area contributed by atoms with Crippen molar-refractivity contribution in [1.29, 1.82) is 0 Å². The Bertz CT molecular complexity index is 881. The van der Waals surface area contributed by atoms with Crippen LogP contribution in [-0.2, 0) is 75.8 Å². The molecule has 0 aliphatic rings. The SMILES string of the molecule is O=C(O)CCCCCCCCCC(O)CCCCCOCCOCCOCCOCCOCCOCCOCCOCCOCCOCCOCCOCCOCCOCCOCCO. The second-order valence-electron chi connectivity index (χ2n) is 14.8. The van der Waals surface area contributed by atoms with Gasteiger partial charge in [-0.05, 0) is 25.7 Å². The van der Waals surface area contributed by atoms with Crippen LogP contribution < -0.4 is 0 Å². The Morgan fingerprint density at radius 1 is 0.277 bits per heavy atom. The standard InChI is InChI=1S/C46H92O19/c47-14-16-52-18-20-54-22-24-56-26-28-58-30-32-60-34-36-62-38-40-64-42-44-65-43-41-63-39-37-61-35-33-59-31-29-57-27-25-55-23-21-53-19-17-51-15-10-6-8-12-45(48)11-7-4-2-1-3-5-9-13-46(49)50/h45,47-48H,1-44H2,(H,49,50). The molecule has 0 saturated heterocycles. The van der Waals surface area contributed by atoms with Crippen molar-refractivity contribution in [3.05, 3.63) is 0 Å². The van der Waals surface area contributed by atoms with Crippen molar-refractivity contribution in [3.8, 4) is 0 Å². The second-order valence-corrected chi connectivity index (χ2v) is 14.8. The molecule has 0 aromatic carbocycles. The van der Waals surface area contributed by atoms with Crippen molar-refractivity contribution >= 4 is 5.97 Å². The van der Waals surface area contributed by atoms with Crippen LogP contribution in [-0.4, -0.2) is 232 Å².